The van der Waals surface area contributed by atoms with Crippen LogP contribution in [0.4, 0.5) is 0 Å². The van der Waals surface area contributed by atoms with Crippen molar-refractivity contribution in [1.29, 1.82) is 0 Å². The van der Waals surface area contributed by atoms with Crippen LogP contribution in [-0.4, -0.2) is 9.97 Å². The minimum Gasteiger partial charge on any atom is -0.255 e. The molecule has 0 fully saturated rings. The van der Waals surface area contributed by atoms with E-state index < -0.39 is 0 Å². The number of rotatable bonds is 3. The molecule has 2 nitrogen and oxygen atoms in total. The van der Waals surface area contributed by atoms with Crippen LogP contribution >= 0.6 is 0 Å². The first-order chi connectivity index (χ1) is 25.3. The maximum Gasteiger partial charge on any atom is 0.0893 e. The highest BCUT2D eigenvalue weighted by Gasteiger charge is 2.52. The Bertz CT molecular complexity index is 2800. The van der Waals surface area contributed by atoms with Gasteiger partial charge < -0.3 is 0 Å². The third kappa shape index (κ3) is 3.99. The lowest BCUT2D eigenvalue weighted by Crippen LogP contribution is -2.25. The second-order valence-corrected chi connectivity index (χ2v) is 13.7. The lowest BCUT2D eigenvalue weighted by molar-refractivity contribution is 0.795. The van der Waals surface area contributed by atoms with Crippen molar-refractivity contribution >= 4 is 21.5 Å². The molecule has 0 saturated carbocycles. The Morgan fingerprint density at radius 1 is 0.353 bits per heavy atom. The number of nitrogens with zero attached hydrogens (tertiary/aromatic N) is 2. The Morgan fingerprint density at radius 3 is 1.82 bits per heavy atom. The van der Waals surface area contributed by atoms with E-state index in [1.54, 1.807) is 0 Å². The van der Waals surface area contributed by atoms with Crippen molar-refractivity contribution in [3.63, 3.8) is 0 Å². The largest absolute Gasteiger partial charge is 0.255 e. The predicted molar refractivity (Wildman–Crippen MR) is 210 cm³/mol. The summed E-state index contributed by atoms with van der Waals surface area (Å²) in [5.41, 5.74) is 16.6. The molecule has 2 aliphatic carbocycles. The average Bonchev–Trinajstić information content (AvgIpc) is 3.67. The lowest BCUT2D eigenvalue weighted by atomic mass is 9.70. The Morgan fingerprint density at radius 2 is 1.02 bits per heavy atom. The molecule has 0 aliphatic heterocycles. The number of hydrogen-bond acceptors (Lipinski definition) is 2. The zero-order valence-corrected chi connectivity index (χ0v) is 27.7. The second-order valence-electron chi connectivity index (χ2n) is 13.7. The average molecular weight is 647 g/mol. The van der Waals surface area contributed by atoms with Crippen molar-refractivity contribution in [2.75, 3.05) is 0 Å². The van der Waals surface area contributed by atoms with Crippen LogP contribution in [0.15, 0.2) is 182 Å². The molecule has 0 saturated heterocycles. The molecule has 2 aromatic heterocycles. The van der Waals surface area contributed by atoms with E-state index in [4.69, 9.17) is 4.98 Å². The summed E-state index contributed by atoms with van der Waals surface area (Å²) in [6.07, 6.45) is 1.81. The van der Waals surface area contributed by atoms with Gasteiger partial charge in [-0.1, -0.05) is 133 Å². The molecule has 0 radical (unpaired) electrons. The number of fused-ring (bicyclic) bond motifs is 13. The Kier molecular flexibility index (Phi) is 5.91. The topological polar surface area (TPSA) is 25.8 Å². The molecule has 236 valence electrons. The van der Waals surface area contributed by atoms with Gasteiger partial charge in [0, 0.05) is 11.8 Å². The Labute approximate surface area is 296 Å². The third-order valence-electron chi connectivity index (χ3n) is 11.1. The van der Waals surface area contributed by atoms with Gasteiger partial charge in [-0.25, -0.2) is 4.98 Å². The van der Waals surface area contributed by atoms with Gasteiger partial charge in [-0.2, -0.15) is 0 Å². The van der Waals surface area contributed by atoms with Crippen molar-refractivity contribution in [2.45, 2.75) is 5.41 Å². The monoisotopic (exact) mass is 646 g/mol. The molecule has 51 heavy (non-hydrogen) atoms. The highest BCUT2D eigenvalue weighted by molar-refractivity contribution is 6.08. The van der Waals surface area contributed by atoms with Crippen LogP contribution in [0.3, 0.4) is 0 Å². The molecule has 0 unspecified atom stereocenters. The van der Waals surface area contributed by atoms with E-state index >= 15 is 0 Å². The molecule has 2 aliphatic rings. The van der Waals surface area contributed by atoms with E-state index in [9.17, 15) is 0 Å². The molecular weight excluding hydrogens is 617 g/mol. The summed E-state index contributed by atoms with van der Waals surface area (Å²) in [5, 5.41) is 5.08. The molecule has 0 atom stereocenters. The summed E-state index contributed by atoms with van der Waals surface area (Å²) in [4.78, 5) is 9.42. The number of pyridine rings is 2. The summed E-state index contributed by atoms with van der Waals surface area (Å²) in [5.74, 6) is 0. The standard InChI is InChI=1S/C49H30N2/c1-2-11-37-32(10-1)25-26-43-48(37)40-29-35-24-23-34(31-19-21-33(22-20-31)45-17-9-18-47(51-45)46-16-7-8-27-50-46)28-36(35)30-44(40)49(43)41-14-5-3-12-38(41)39-13-4-6-15-42(39)49/h1-30H. The molecule has 2 heterocycles. The molecule has 11 rings (SSSR count). The van der Waals surface area contributed by atoms with Crippen LogP contribution in [0.5, 0.6) is 0 Å². The third-order valence-corrected chi connectivity index (χ3v) is 11.1. The predicted octanol–water partition coefficient (Wildman–Crippen LogP) is 12.1. The van der Waals surface area contributed by atoms with Gasteiger partial charge >= 0.3 is 0 Å². The van der Waals surface area contributed by atoms with Crippen LogP contribution in [0, 0.1) is 0 Å². The van der Waals surface area contributed by atoms with E-state index in [-0.39, 0.29) is 5.41 Å². The molecule has 2 heteroatoms. The quantitative estimate of drug-likeness (QED) is 0.191. The van der Waals surface area contributed by atoms with Gasteiger partial charge in [-0.3, -0.25) is 4.98 Å². The highest BCUT2D eigenvalue weighted by Crippen LogP contribution is 2.64. The van der Waals surface area contributed by atoms with Crippen LogP contribution in [0.25, 0.3) is 77.6 Å². The maximum absolute atomic E-state index is 4.93. The number of benzene rings is 7. The van der Waals surface area contributed by atoms with Gasteiger partial charge in [0.15, 0.2) is 0 Å². The second kappa shape index (κ2) is 10.7. The van der Waals surface area contributed by atoms with Gasteiger partial charge in [0.2, 0.25) is 0 Å². The van der Waals surface area contributed by atoms with Crippen LogP contribution in [0.2, 0.25) is 0 Å². The molecule has 7 aromatic carbocycles. The molecule has 0 amide bonds. The number of aromatic nitrogens is 2. The van der Waals surface area contributed by atoms with Crippen LogP contribution < -0.4 is 0 Å². The zero-order chi connectivity index (χ0) is 33.5. The van der Waals surface area contributed by atoms with Crippen molar-refractivity contribution in [3.05, 3.63) is 204 Å². The fourth-order valence-electron chi connectivity index (χ4n) is 8.91. The summed E-state index contributed by atoms with van der Waals surface area (Å²) in [6, 6.07) is 64.3. The summed E-state index contributed by atoms with van der Waals surface area (Å²) in [7, 11) is 0. The lowest BCUT2D eigenvalue weighted by Gasteiger charge is -2.30. The molecule has 0 bridgehead atoms. The minimum absolute atomic E-state index is 0.384. The Hall–Kier alpha value is -6.64. The zero-order valence-electron chi connectivity index (χ0n) is 27.7. The normalized spacial score (nSPS) is 13.3. The van der Waals surface area contributed by atoms with Gasteiger partial charge in [0.05, 0.1) is 22.5 Å². The SMILES string of the molecule is c1ccc(-c2cccc(-c3ccc(-c4ccc5cc6c(cc5c4)C4(c5ccccc5-c5ccccc54)c4ccc5ccccc5c4-6)cc3)n2)nc1. The van der Waals surface area contributed by atoms with E-state index in [0.29, 0.717) is 0 Å². The fraction of sp³-hybridized carbons (Fsp3) is 0.0204. The summed E-state index contributed by atoms with van der Waals surface area (Å²) >= 11 is 0. The van der Waals surface area contributed by atoms with E-state index in [0.717, 1.165) is 22.6 Å². The molecule has 9 aromatic rings. The first-order valence-corrected chi connectivity index (χ1v) is 17.6. The Balaban J connectivity index is 1.08. The molecule has 1 spiro atoms. The van der Waals surface area contributed by atoms with Gasteiger partial charge in [-0.05, 0) is 120 Å². The van der Waals surface area contributed by atoms with Crippen molar-refractivity contribution in [2.24, 2.45) is 0 Å². The smallest absolute Gasteiger partial charge is 0.0893 e. The maximum atomic E-state index is 4.93. The van der Waals surface area contributed by atoms with Gasteiger partial charge in [0.25, 0.3) is 0 Å². The van der Waals surface area contributed by atoms with Crippen LogP contribution in [-0.2, 0) is 5.41 Å². The van der Waals surface area contributed by atoms with E-state index in [1.165, 1.54) is 77.2 Å². The summed E-state index contributed by atoms with van der Waals surface area (Å²) in [6.45, 7) is 0. The van der Waals surface area contributed by atoms with Gasteiger partial charge in [-0.15, -0.1) is 0 Å². The highest BCUT2D eigenvalue weighted by atomic mass is 14.8. The molecule has 0 N–H and O–H groups in total. The minimum atomic E-state index is -0.384. The number of hydrogen-bond donors (Lipinski definition) is 0. The van der Waals surface area contributed by atoms with Gasteiger partial charge in [0.1, 0.15) is 0 Å². The molecular formula is C49H30N2. The van der Waals surface area contributed by atoms with Crippen molar-refractivity contribution in [3.8, 4) is 56.0 Å². The van der Waals surface area contributed by atoms with Crippen LogP contribution in [0.1, 0.15) is 22.3 Å². The summed E-state index contributed by atoms with van der Waals surface area (Å²) < 4.78 is 0. The first-order valence-electron chi connectivity index (χ1n) is 17.6. The van der Waals surface area contributed by atoms with Crippen molar-refractivity contribution in [1.82, 2.24) is 9.97 Å². The van der Waals surface area contributed by atoms with Crippen molar-refractivity contribution < 1.29 is 0 Å². The van der Waals surface area contributed by atoms with E-state index in [2.05, 4.69) is 157 Å². The first kappa shape index (κ1) is 28.2. The fourth-order valence-corrected chi connectivity index (χ4v) is 8.91. The van der Waals surface area contributed by atoms with E-state index in [1.807, 2.05) is 30.5 Å².